The summed E-state index contributed by atoms with van der Waals surface area (Å²) in [5, 5.41) is 15.9. The molecule has 0 bridgehead atoms. The van der Waals surface area contributed by atoms with Crippen LogP contribution in [-0.2, 0) is 4.74 Å². The maximum absolute atomic E-state index is 14.4. The zero-order valence-corrected chi connectivity index (χ0v) is 29.0. The Hall–Kier alpha value is -3.34. The normalized spacial score (nSPS) is 22.5. The fraction of sp³-hybridized carbons (Fsp3) is 0.622. The molecule has 47 heavy (non-hydrogen) atoms. The molecule has 0 aromatic heterocycles. The molecule has 1 saturated carbocycles. The number of likely N-dealkylation sites (N-methyl/N-ethyl adjacent to an activating group) is 1. The summed E-state index contributed by atoms with van der Waals surface area (Å²) in [5.41, 5.74) is 1.40. The van der Waals surface area contributed by atoms with Gasteiger partial charge in [-0.1, -0.05) is 26.2 Å². The first-order valence-corrected chi connectivity index (χ1v) is 17.4. The van der Waals surface area contributed by atoms with Crippen molar-refractivity contribution >= 4 is 23.3 Å². The Bertz CT molecular complexity index is 1270. The molecule has 0 unspecified atom stereocenters. The molecule has 0 spiro atoms. The number of amides is 3. The van der Waals surface area contributed by atoms with E-state index < -0.39 is 12.1 Å². The van der Waals surface area contributed by atoms with E-state index in [9.17, 15) is 14.7 Å². The molecule has 1 heterocycles. The molecular weight excluding hydrogens is 596 g/mol. The summed E-state index contributed by atoms with van der Waals surface area (Å²) in [6, 6.07) is 11.3. The van der Waals surface area contributed by atoms with E-state index in [1.165, 1.54) is 32.1 Å². The molecule has 4 rings (SSSR count). The van der Waals surface area contributed by atoms with Crippen molar-refractivity contribution in [3.05, 3.63) is 48.0 Å². The van der Waals surface area contributed by atoms with Crippen LogP contribution in [0.5, 0.6) is 11.5 Å². The van der Waals surface area contributed by atoms with Gasteiger partial charge in [-0.15, -0.1) is 0 Å². The van der Waals surface area contributed by atoms with E-state index in [4.69, 9.17) is 14.2 Å². The third-order valence-electron chi connectivity index (χ3n) is 9.44. The highest BCUT2D eigenvalue weighted by Gasteiger charge is 2.31. The van der Waals surface area contributed by atoms with Gasteiger partial charge in [-0.05, 0) is 101 Å². The van der Waals surface area contributed by atoms with E-state index in [2.05, 4.69) is 29.5 Å². The molecule has 2 aromatic rings. The van der Waals surface area contributed by atoms with Gasteiger partial charge >= 0.3 is 6.03 Å². The van der Waals surface area contributed by atoms with Crippen LogP contribution in [0.2, 0.25) is 0 Å². The smallest absolute Gasteiger partial charge is 0.323 e. The monoisotopic (exact) mass is 652 g/mol. The van der Waals surface area contributed by atoms with Crippen molar-refractivity contribution in [3.63, 3.8) is 0 Å². The maximum Gasteiger partial charge on any atom is 0.323 e. The minimum atomic E-state index is -0.440. The van der Waals surface area contributed by atoms with Crippen molar-refractivity contribution in [1.29, 1.82) is 0 Å². The highest BCUT2D eigenvalue weighted by Crippen LogP contribution is 2.29. The van der Waals surface area contributed by atoms with Gasteiger partial charge < -0.3 is 39.8 Å². The van der Waals surface area contributed by atoms with Crippen LogP contribution in [0.1, 0.15) is 82.5 Å². The molecule has 3 N–H and O–H groups in total. The lowest BCUT2D eigenvalue weighted by Crippen LogP contribution is -2.47. The van der Waals surface area contributed by atoms with Crippen LogP contribution >= 0.6 is 0 Å². The van der Waals surface area contributed by atoms with Crippen molar-refractivity contribution in [3.8, 4) is 11.5 Å². The fourth-order valence-corrected chi connectivity index (χ4v) is 6.62. The Morgan fingerprint density at radius 3 is 2.38 bits per heavy atom. The summed E-state index contributed by atoms with van der Waals surface area (Å²) in [5.74, 6) is 1.64. The van der Waals surface area contributed by atoms with Gasteiger partial charge in [0.1, 0.15) is 11.5 Å². The molecule has 1 aliphatic heterocycles. The standard InChI is InChI=1S/C37H56N4O6/c1-26-22-41(27(2)25-42)36(43)33-21-31(39-37(44)38-30-14-17-32(45-5)18-15-30)16-19-34(33)47-28(3)11-9-10-20-46-35(26)24-40(4)23-29-12-7-6-8-13-29/h14-19,21,26-29,35,42H,6-13,20,22-25H2,1-5H3,(H2,38,39,44)/t26-,27-,28-,35-/m1/s1. The first-order chi connectivity index (χ1) is 22.7. The third kappa shape index (κ3) is 11.1. The number of urea groups is 1. The molecule has 2 aromatic carbocycles. The number of anilines is 2. The highest BCUT2D eigenvalue weighted by atomic mass is 16.5. The van der Waals surface area contributed by atoms with Crippen LogP contribution in [-0.4, -0.2) is 92.1 Å². The first kappa shape index (κ1) is 36.5. The van der Waals surface area contributed by atoms with Crippen molar-refractivity contribution in [2.24, 2.45) is 11.8 Å². The summed E-state index contributed by atoms with van der Waals surface area (Å²) < 4.78 is 18.1. The van der Waals surface area contributed by atoms with E-state index in [0.29, 0.717) is 41.6 Å². The molecule has 1 fully saturated rings. The minimum Gasteiger partial charge on any atom is -0.497 e. The van der Waals surface area contributed by atoms with Crippen molar-refractivity contribution < 1.29 is 28.9 Å². The number of carbonyl (C=O) groups excluding carboxylic acids is 2. The number of carbonyl (C=O) groups is 2. The van der Waals surface area contributed by atoms with Crippen molar-refractivity contribution in [1.82, 2.24) is 9.80 Å². The lowest BCUT2D eigenvalue weighted by atomic mass is 9.89. The van der Waals surface area contributed by atoms with Crippen LogP contribution in [0.4, 0.5) is 16.2 Å². The fourth-order valence-electron chi connectivity index (χ4n) is 6.62. The number of aliphatic hydroxyl groups excluding tert-OH is 1. The number of methoxy groups -OCH3 is 1. The van der Waals surface area contributed by atoms with Crippen LogP contribution in [0.3, 0.4) is 0 Å². The summed E-state index contributed by atoms with van der Waals surface area (Å²) >= 11 is 0. The molecule has 260 valence electrons. The Labute approximate surface area is 281 Å². The van der Waals surface area contributed by atoms with Gasteiger partial charge in [0.15, 0.2) is 0 Å². The number of aliphatic hydroxyl groups is 1. The molecule has 10 nitrogen and oxygen atoms in total. The van der Waals surface area contributed by atoms with E-state index >= 15 is 0 Å². The first-order valence-electron chi connectivity index (χ1n) is 17.4. The Balaban J connectivity index is 1.55. The lowest BCUT2D eigenvalue weighted by molar-refractivity contribution is -0.0190. The minimum absolute atomic E-state index is 0.0181. The quantitative estimate of drug-likeness (QED) is 0.278. The van der Waals surface area contributed by atoms with Gasteiger partial charge in [-0.3, -0.25) is 4.79 Å². The number of hydrogen-bond donors (Lipinski definition) is 3. The molecule has 10 heteroatoms. The number of rotatable bonds is 9. The van der Waals surface area contributed by atoms with Gasteiger partial charge in [0, 0.05) is 43.5 Å². The molecular formula is C37H56N4O6. The molecule has 1 aliphatic carbocycles. The van der Waals surface area contributed by atoms with E-state index in [1.807, 2.05) is 13.8 Å². The third-order valence-corrected chi connectivity index (χ3v) is 9.44. The number of benzene rings is 2. The molecule has 0 saturated heterocycles. The van der Waals surface area contributed by atoms with Crippen LogP contribution < -0.4 is 20.1 Å². The SMILES string of the molecule is COc1ccc(NC(=O)Nc2ccc3c(c2)C(=O)N([C@H](C)CO)C[C@@H](C)[C@@H](CN(C)CC2CCCCC2)OCCCC[C@@H](C)O3)cc1. The van der Waals surface area contributed by atoms with Crippen LogP contribution in [0, 0.1) is 11.8 Å². The lowest BCUT2D eigenvalue weighted by Gasteiger charge is -2.36. The van der Waals surface area contributed by atoms with Gasteiger partial charge in [0.05, 0.1) is 37.5 Å². The predicted octanol–water partition coefficient (Wildman–Crippen LogP) is 6.65. The number of nitrogens with one attached hydrogen (secondary N) is 2. The Morgan fingerprint density at radius 2 is 1.68 bits per heavy atom. The number of hydrogen-bond acceptors (Lipinski definition) is 7. The second-order valence-corrected chi connectivity index (χ2v) is 13.5. The molecule has 0 radical (unpaired) electrons. The Kier molecular flexibility index (Phi) is 14.2. The second kappa shape index (κ2) is 18.3. The van der Waals surface area contributed by atoms with Gasteiger partial charge in [0.25, 0.3) is 5.91 Å². The zero-order valence-electron chi connectivity index (χ0n) is 29.0. The van der Waals surface area contributed by atoms with Gasteiger partial charge in [0.2, 0.25) is 0 Å². The van der Waals surface area contributed by atoms with E-state index in [-0.39, 0.29) is 30.6 Å². The summed E-state index contributed by atoms with van der Waals surface area (Å²) in [6.45, 7) is 8.74. The van der Waals surface area contributed by atoms with E-state index in [0.717, 1.165) is 38.3 Å². The second-order valence-electron chi connectivity index (χ2n) is 13.5. The van der Waals surface area contributed by atoms with Crippen LogP contribution in [0.25, 0.3) is 0 Å². The number of ether oxygens (including phenoxy) is 3. The summed E-state index contributed by atoms with van der Waals surface area (Å²) in [6.07, 6.45) is 9.08. The average molecular weight is 653 g/mol. The highest BCUT2D eigenvalue weighted by molar-refractivity contribution is 6.02. The van der Waals surface area contributed by atoms with Crippen LogP contribution in [0.15, 0.2) is 42.5 Å². The maximum atomic E-state index is 14.4. The van der Waals surface area contributed by atoms with Crippen molar-refractivity contribution in [2.75, 3.05) is 57.6 Å². The number of fused-ring (bicyclic) bond motifs is 1. The summed E-state index contributed by atoms with van der Waals surface area (Å²) in [4.78, 5) is 31.4. The topological polar surface area (TPSA) is 113 Å². The average Bonchev–Trinajstić information content (AvgIpc) is 3.06. The van der Waals surface area contributed by atoms with Gasteiger partial charge in [-0.25, -0.2) is 4.79 Å². The Morgan fingerprint density at radius 1 is 1.00 bits per heavy atom. The predicted molar refractivity (Wildman–Crippen MR) is 187 cm³/mol. The molecule has 2 aliphatic rings. The molecule has 3 amide bonds. The zero-order chi connectivity index (χ0) is 33.8. The van der Waals surface area contributed by atoms with Crippen molar-refractivity contribution in [2.45, 2.75) is 90.4 Å². The van der Waals surface area contributed by atoms with E-state index in [1.54, 1.807) is 54.5 Å². The largest absolute Gasteiger partial charge is 0.497 e. The molecule has 4 atom stereocenters. The number of nitrogens with zero attached hydrogens (tertiary/aromatic N) is 2. The summed E-state index contributed by atoms with van der Waals surface area (Å²) in [7, 11) is 3.77. The van der Waals surface area contributed by atoms with Gasteiger partial charge in [-0.2, -0.15) is 0 Å².